The number of hydrogen-bond acceptors (Lipinski definition) is 6. The zero-order valence-electron chi connectivity index (χ0n) is 26.2. The number of pyridine rings is 1. The van der Waals surface area contributed by atoms with Crippen molar-refractivity contribution < 1.29 is 23.9 Å². The maximum Gasteiger partial charge on any atom is 0.310 e. The fourth-order valence-corrected chi connectivity index (χ4v) is 6.02. The van der Waals surface area contributed by atoms with Gasteiger partial charge in [0.15, 0.2) is 0 Å². The summed E-state index contributed by atoms with van der Waals surface area (Å²) in [6.45, 7) is 10.9. The van der Waals surface area contributed by atoms with Crippen LogP contribution in [0.15, 0.2) is 60.8 Å². The van der Waals surface area contributed by atoms with Crippen molar-refractivity contribution in [1.29, 1.82) is 0 Å². The van der Waals surface area contributed by atoms with E-state index in [1.807, 2.05) is 96.1 Å². The minimum Gasteiger partial charge on any atom is -0.460 e. The number of carbonyl (C=O) groups excluding carboxylic acids is 4. The first-order chi connectivity index (χ1) is 20.6. The summed E-state index contributed by atoms with van der Waals surface area (Å²) in [7, 11) is 0. The summed E-state index contributed by atoms with van der Waals surface area (Å²) in [6, 6.07) is 16.9. The van der Waals surface area contributed by atoms with E-state index in [1.165, 1.54) is 4.90 Å². The molecule has 1 atom stereocenters. The van der Waals surface area contributed by atoms with Crippen molar-refractivity contribution in [2.45, 2.75) is 78.4 Å². The van der Waals surface area contributed by atoms with Crippen LogP contribution in [0.1, 0.15) is 69.4 Å². The van der Waals surface area contributed by atoms with Crippen LogP contribution in [0.25, 0.3) is 0 Å². The van der Waals surface area contributed by atoms with E-state index in [1.54, 1.807) is 6.20 Å². The van der Waals surface area contributed by atoms with Gasteiger partial charge in [-0.3, -0.25) is 19.2 Å². The first kappa shape index (κ1) is 30.9. The normalized spacial score (nSPS) is 17.1. The quantitative estimate of drug-likeness (QED) is 0.372. The summed E-state index contributed by atoms with van der Waals surface area (Å²) in [5.74, 6) is -0.334. The summed E-state index contributed by atoms with van der Waals surface area (Å²) in [6.07, 6.45) is 2.81. The molecule has 5 rings (SSSR count). The van der Waals surface area contributed by atoms with E-state index in [0.29, 0.717) is 24.3 Å². The molecule has 1 spiro atoms. The lowest BCUT2D eigenvalue weighted by molar-refractivity contribution is -0.154. The van der Waals surface area contributed by atoms with Crippen LogP contribution in [0.5, 0.6) is 0 Å². The highest BCUT2D eigenvalue weighted by Crippen LogP contribution is 2.47. The van der Waals surface area contributed by atoms with E-state index in [0.717, 1.165) is 27.8 Å². The summed E-state index contributed by atoms with van der Waals surface area (Å²) in [4.78, 5) is 58.4. The Kier molecular flexibility index (Phi) is 8.09. The number of aromatic nitrogens is 1. The Morgan fingerprint density at radius 3 is 2.36 bits per heavy atom. The molecule has 2 N–H and O–H groups in total. The maximum absolute atomic E-state index is 13.5. The monoisotopic (exact) mass is 596 g/mol. The molecule has 2 heterocycles. The van der Waals surface area contributed by atoms with E-state index < -0.39 is 16.4 Å². The number of benzene rings is 2. The highest BCUT2D eigenvalue weighted by atomic mass is 16.6. The molecule has 0 saturated carbocycles. The Morgan fingerprint density at radius 2 is 1.66 bits per heavy atom. The van der Waals surface area contributed by atoms with Crippen LogP contribution in [-0.2, 0) is 55.1 Å². The van der Waals surface area contributed by atoms with Crippen molar-refractivity contribution in [3.8, 4) is 0 Å². The summed E-state index contributed by atoms with van der Waals surface area (Å²) < 4.78 is 5.51. The number of hydrogen-bond donors (Lipinski definition) is 2. The van der Waals surface area contributed by atoms with E-state index in [2.05, 4.69) is 15.6 Å². The largest absolute Gasteiger partial charge is 0.460 e. The number of nitrogens with zero attached hydrogens (tertiary/aromatic N) is 2. The van der Waals surface area contributed by atoms with Gasteiger partial charge in [0, 0.05) is 29.4 Å². The van der Waals surface area contributed by atoms with Crippen molar-refractivity contribution >= 4 is 35.2 Å². The number of fused-ring (bicyclic) bond motifs is 3. The van der Waals surface area contributed by atoms with Gasteiger partial charge in [0.1, 0.15) is 18.0 Å². The molecule has 1 aliphatic carbocycles. The molecule has 44 heavy (non-hydrogen) atoms. The number of anilines is 2. The van der Waals surface area contributed by atoms with E-state index >= 15 is 0 Å². The molecule has 2 aliphatic rings. The summed E-state index contributed by atoms with van der Waals surface area (Å²) in [5, 5.41) is 5.87. The Morgan fingerprint density at radius 1 is 0.955 bits per heavy atom. The van der Waals surface area contributed by atoms with Crippen molar-refractivity contribution in [2.75, 3.05) is 17.2 Å². The highest BCUT2D eigenvalue weighted by Gasteiger charge is 2.51. The highest BCUT2D eigenvalue weighted by molar-refractivity contribution is 6.06. The number of esters is 1. The van der Waals surface area contributed by atoms with Gasteiger partial charge in [-0.1, -0.05) is 57.2 Å². The Hall–Kier alpha value is -4.53. The molecule has 0 fully saturated rings. The number of rotatable bonds is 7. The fraction of sp³-hybridized carbons (Fsp3) is 0.400. The van der Waals surface area contributed by atoms with Gasteiger partial charge < -0.3 is 20.3 Å². The zero-order valence-corrected chi connectivity index (χ0v) is 26.2. The van der Waals surface area contributed by atoms with Gasteiger partial charge in [-0.15, -0.1) is 0 Å². The minimum absolute atomic E-state index is 0.0590. The van der Waals surface area contributed by atoms with Crippen LogP contribution in [0.4, 0.5) is 11.5 Å². The average Bonchev–Trinajstić information content (AvgIpc) is 3.44. The molecule has 0 saturated heterocycles. The summed E-state index contributed by atoms with van der Waals surface area (Å²) >= 11 is 0. The molecule has 0 radical (unpaired) electrons. The molecule has 230 valence electrons. The Bertz CT molecular complexity index is 1630. The first-order valence-electron chi connectivity index (χ1n) is 14.9. The van der Waals surface area contributed by atoms with Gasteiger partial charge in [-0.25, -0.2) is 4.98 Å². The lowest BCUT2D eigenvalue weighted by atomic mass is 9.79. The number of amides is 3. The molecule has 3 amide bonds. The number of carbonyl (C=O) groups is 4. The maximum atomic E-state index is 13.5. The van der Waals surface area contributed by atoms with Gasteiger partial charge in [0.2, 0.25) is 17.7 Å². The standard InChI is InChI=1S/C35H40N4O5/c1-33(2,3)32(43)39(20-24-11-8-7-10-22(24)17-29(41)44-34(4,5)6)21-28(40)37-26-14-13-23-18-35(19-25(23)16-26)27-12-9-15-36-30(27)38-31(35)42/h7-16H,17-21H2,1-6H3,(H,37,40)(H,36,38,42). The minimum atomic E-state index is -0.727. The fourth-order valence-electron chi connectivity index (χ4n) is 6.02. The third-order valence-electron chi connectivity index (χ3n) is 7.96. The molecule has 2 aromatic carbocycles. The lowest BCUT2D eigenvalue weighted by Crippen LogP contribution is -2.43. The van der Waals surface area contributed by atoms with Crippen molar-refractivity contribution in [1.82, 2.24) is 9.88 Å². The van der Waals surface area contributed by atoms with E-state index in [-0.39, 0.29) is 43.2 Å². The smallest absolute Gasteiger partial charge is 0.310 e. The van der Waals surface area contributed by atoms with E-state index in [4.69, 9.17) is 4.74 Å². The van der Waals surface area contributed by atoms with Crippen LogP contribution in [0.3, 0.4) is 0 Å². The van der Waals surface area contributed by atoms with E-state index in [9.17, 15) is 19.2 Å². The van der Waals surface area contributed by atoms with Crippen LogP contribution in [-0.4, -0.2) is 45.7 Å². The predicted molar refractivity (Wildman–Crippen MR) is 168 cm³/mol. The molecule has 1 unspecified atom stereocenters. The summed E-state index contributed by atoms with van der Waals surface area (Å²) in [5.41, 5.74) is 3.03. The SMILES string of the molecule is CC(C)(C)OC(=O)Cc1ccccc1CN(CC(=O)Nc1ccc2c(c1)CC1(C2)C(=O)Nc2ncccc21)C(=O)C(C)(C)C. The molecule has 9 nitrogen and oxygen atoms in total. The van der Waals surface area contributed by atoms with Gasteiger partial charge >= 0.3 is 5.97 Å². The van der Waals surface area contributed by atoms with Gasteiger partial charge in [0.05, 0.1) is 11.8 Å². The van der Waals surface area contributed by atoms with Crippen LogP contribution in [0, 0.1) is 5.41 Å². The predicted octanol–water partition coefficient (Wildman–Crippen LogP) is 4.97. The van der Waals surface area contributed by atoms with Crippen LogP contribution < -0.4 is 10.6 Å². The second-order valence-corrected chi connectivity index (χ2v) is 13.8. The molecule has 9 heteroatoms. The third-order valence-corrected chi connectivity index (χ3v) is 7.96. The molecular formula is C35H40N4O5. The lowest BCUT2D eigenvalue weighted by Gasteiger charge is -2.30. The van der Waals surface area contributed by atoms with Crippen molar-refractivity contribution in [2.24, 2.45) is 5.41 Å². The third kappa shape index (κ3) is 6.51. The molecule has 1 aromatic heterocycles. The van der Waals surface area contributed by atoms with Crippen molar-refractivity contribution in [3.05, 3.63) is 88.6 Å². The molecule has 3 aromatic rings. The zero-order chi connectivity index (χ0) is 31.9. The Labute approximate surface area is 258 Å². The van der Waals surface area contributed by atoms with Crippen LogP contribution >= 0.6 is 0 Å². The first-order valence-corrected chi connectivity index (χ1v) is 14.9. The van der Waals surface area contributed by atoms with Gasteiger partial charge in [-0.2, -0.15) is 0 Å². The second kappa shape index (κ2) is 11.5. The van der Waals surface area contributed by atoms with Gasteiger partial charge in [-0.05, 0) is 74.1 Å². The van der Waals surface area contributed by atoms with Crippen LogP contribution in [0.2, 0.25) is 0 Å². The Balaban J connectivity index is 1.31. The topological polar surface area (TPSA) is 118 Å². The number of nitrogens with one attached hydrogen (secondary N) is 2. The second-order valence-electron chi connectivity index (χ2n) is 13.8. The average molecular weight is 597 g/mol. The molecule has 1 aliphatic heterocycles. The molecule has 0 bridgehead atoms. The molecular weight excluding hydrogens is 556 g/mol. The van der Waals surface area contributed by atoms with Crippen molar-refractivity contribution in [3.63, 3.8) is 0 Å². The van der Waals surface area contributed by atoms with Gasteiger partial charge in [0.25, 0.3) is 0 Å². The number of ether oxygens (including phenoxy) is 1.